The molecule has 1 amide bonds. The number of nitrogens with one attached hydrogen (secondary N) is 1. The standard InChI is InChI=1S/C34H31N7O6S/c1-20-8-10-22(11-9-20)40-33(28(21(2)37-40)19-48-34-36-38-39-41(34)23-12-14-24(42)15-13-23)47-29-18-27(32(45)35-17-16-30(43)46-3)31(44)26-7-5-4-6-25(26)29/h4-15,18,42,44H,16-17,19H2,1-3H3,(H,35,45). The zero-order chi connectivity index (χ0) is 33.8. The van der Waals surface area contributed by atoms with E-state index < -0.39 is 11.9 Å². The van der Waals surface area contributed by atoms with Gasteiger partial charge >= 0.3 is 5.97 Å². The van der Waals surface area contributed by atoms with Crippen molar-refractivity contribution in [3.05, 3.63) is 101 Å². The van der Waals surface area contributed by atoms with Crippen molar-refractivity contribution in [2.45, 2.75) is 31.2 Å². The van der Waals surface area contributed by atoms with Gasteiger partial charge in [0.15, 0.2) is 0 Å². The highest BCUT2D eigenvalue weighted by molar-refractivity contribution is 7.98. The molecule has 48 heavy (non-hydrogen) atoms. The van der Waals surface area contributed by atoms with Gasteiger partial charge in [-0.3, -0.25) is 9.59 Å². The summed E-state index contributed by atoms with van der Waals surface area (Å²) in [5.74, 6) is -0.0478. The van der Waals surface area contributed by atoms with Gasteiger partial charge in [0.25, 0.3) is 5.91 Å². The quantitative estimate of drug-likeness (QED) is 0.120. The van der Waals surface area contributed by atoms with Crippen LogP contribution in [0.15, 0.2) is 84.0 Å². The number of rotatable bonds is 11. The molecule has 6 rings (SSSR count). The number of aryl methyl sites for hydroxylation is 2. The predicted octanol–water partition coefficient (Wildman–Crippen LogP) is 5.41. The fourth-order valence-corrected chi connectivity index (χ4v) is 5.96. The summed E-state index contributed by atoms with van der Waals surface area (Å²) in [6, 6.07) is 22.9. The Morgan fingerprint density at radius 2 is 1.60 bits per heavy atom. The van der Waals surface area contributed by atoms with Crippen LogP contribution in [0.25, 0.3) is 22.1 Å². The van der Waals surface area contributed by atoms with E-state index in [4.69, 9.17) is 9.84 Å². The van der Waals surface area contributed by atoms with E-state index in [1.54, 1.807) is 51.8 Å². The van der Waals surface area contributed by atoms with Gasteiger partial charge in [-0.15, -0.1) is 5.10 Å². The van der Waals surface area contributed by atoms with E-state index in [0.29, 0.717) is 44.7 Å². The average molecular weight is 666 g/mol. The zero-order valence-electron chi connectivity index (χ0n) is 26.2. The number of tetrazole rings is 1. The highest BCUT2D eigenvalue weighted by atomic mass is 32.2. The third-order valence-corrected chi connectivity index (χ3v) is 8.51. The number of phenols is 2. The number of amides is 1. The fraction of sp³-hybridized carbons (Fsp3) is 0.176. The number of ether oxygens (including phenoxy) is 2. The maximum absolute atomic E-state index is 13.2. The van der Waals surface area contributed by atoms with Crippen molar-refractivity contribution in [2.75, 3.05) is 13.7 Å². The Hall–Kier alpha value is -5.89. The number of benzene rings is 4. The largest absolute Gasteiger partial charge is 0.508 e. The third-order valence-electron chi connectivity index (χ3n) is 7.57. The number of esters is 1. The summed E-state index contributed by atoms with van der Waals surface area (Å²) in [5, 5.41) is 42.0. The third kappa shape index (κ3) is 6.64. The Balaban J connectivity index is 1.40. The minimum atomic E-state index is -0.577. The van der Waals surface area contributed by atoms with Crippen LogP contribution in [0.2, 0.25) is 0 Å². The van der Waals surface area contributed by atoms with Crippen LogP contribution in [0.3, 0.4) is 0 Å². The number of methoxy groups -OCH3 is 1. The van der Waals surface area contributed by atoms with Crippen LogP contribution in [0.5, 0.6) is 23.1 Å². The van der Waals surface area contributed by atoms with E-state index in [1.807, 2.05) is 44.2 Å². The van der Waals surface area contributed by atoms with Crippen LogP contribution < -0.4 is 10.1 Å². The molecule has 0 fully saturated rings. The minimum absolute atomic E-state index is 0.0179. The topological polar surface area (TPSA) is 167 Å². The Morgan fingerprint density at radius 3 is 2.33 bits per heavy atom. The molecule has 6 aromatic rings. The summed E-state index contributed by atoms with van der Waals surface area (Å²) in [7, 11) is 1.27. The van der Waals surface area contributed by atoms with E-state index in [-0.39, 0.29) is 30.0 Å². The van der Waals surface area contributed by atoms with Crippen molar-refractivity contribution in [1.82, 2.24) is 35.3 Å². The molecule has 0 saturated carbocycles. The number of fused-ring (bicyclic) bond motifs is 1. The van der Waals surface area contributed by atoms with Crippen molar-refractivity contribution < 1.29 is 29.3 Å². The number of aromatic nitrogens is 6. The molecule has 0 bridgehead atoms. The Bertz CT molecular complexity index is 2110. The second-order valence-corrected chi connectivity index (χ2v) is 11.7. The molecule has 244 valence electrons. The summed E-state index contributed by atoms with van der Waals surface area (Å²) in [6.07, 6.45) is -0.0218. The minimum Gasteiger partial charge on any atom is -0.508 e. The van der Waals surface area contributed by atoms with Gasteiger partial charge in [-0.2, -0.15) is 9.78 Å². The molecule has 2 aromatic heterocycles. The van der Waals surface area contributed by atoms with Crippen LogP contribution in [-0.2, 0) is 15.3 Å². The summed E-state index contributed by atoms with van der Waals surface area (Å²) >= 11 is 1.37. The molecule has 14 heteroatoms. The summed E-state index contributed by atoms with van der Waals surface area (Å²) < 4.78 is 14.6. The van der Waals surface area contributed by atoms with Crippen LogP contribution in [-0.4, -0.2) is 65.7 Å². The van der Waals surface area contributed by atoms with Crippen molar-refractivity contribution in [3.8, 4) is 34.5 Å². The lowest BCUT2D eigenvalue weighted by Crippen LogP contribution is -2.26. The highest BCUT2D eigenvalue weighted by Gasteiger charge is 2.24. The Kier molecular flexibility index (Phi) is 9.25. The lowest BCUT2D eigenvalue weighted by molar-refractivity contribution is -0.140. The second-order valence-electron chi connectivity index (χ2n) is 10.8. The van der Waals surface area contributed by atoms with E-state index in [9.17, 15) is 19.8 Å². The normalized spacial score (nSPS) is 11.1. The monoisotopic (exact) mass is 665 g/mol. The number of phenolic OH excluding ortho intramolecular Hbond substituents is 2. The molecule has 3 N–H and O–H groups in total. The van der Waals surface area contributed by atoms with Crippen molar-refractivity contribution in [2.24, 2.45) is 0 Å². The summed E-state index contributed by atoms with van der Waals surface area (Å²) in [4.78, 5) is 24.8. The van der Waals surface area contributed by atoms with Crippen LogP contribution in [0.4, 0.5) is 0 Å². The maximum atomic E-state index is 13.2. The average Bonchev–Trinajstić information content (AvgIpc) is 3.69. The fourth-order valence-electron chi connectivity index (χ4n) is 5.00. The van der Waals surface area contributed by atoms with Gasteiger partial charge in [0.2, 0.25) is 11.0 Å². The molecule has 0 aliphatic carbocycles. The SMILES string of the molecule is COC(=O)CCNC(=O)c1cc(Oc2c(CSc3nnnn3-c3ccc(O)cc3)c(C)nn2-c2ccc(C)cc2)c2ccccc2c1O. The van der Waals surface area contributed by atoms with E-state index in [2.05, 4.69) is 25.6 Å². The van der Waals surface area contributed by atoms with E-state index in [1.165, 1.54) is 24.9 Å². The summed E-state index contributed by atoms with van der Waals surface area (Å²) in [5.41, 5.74) is 3.95. The highest BCUT2D eigenvalue weighted by Crippen LogP contribution is 2.41. The van der Waals surface area contributed by atoms with Gasteiger partial charge in [-0.05, 0) is 66.7 Å². The van der Waals surface area contributed by atoms with Gasteiger partial charge < -0.3 is 25.0 Å². The molecule has 0 saturated heterocycles. The molecular weight excluding hydrogens is 634 g/mol. The number of hydrogen-bond acceptors (Lipinski definition) is 11. The molecule has 2 heterocycles. The number of aromatic hydroxyl groups is 2. The smallest absolute Gasteiger partial charge is 0.307 e. The van der Waals surface area contributed by atoms with Gasteiger partial charge in [0.05, 0.1) is 36.2 Å². The molecule has 0 unspecified atom stereocenters. The second kappa shape index (κ2) is 13.8. The molecular formula is C34H31N7O6S. The molecule has 0 atom stereocenters. The molecule has 13 nitrogen and oxygen atoms in total. The van der Waals surface area contributed by atoms with E-state index >= 15 is 0 Å². The van der Waals surface area contributed by atoms with Crippen LogP contribution in [0.1, 0.15) is 33.6 Å². The number of thioether (sulfide) groups is 1. The first-order valence-corrected chi connectivity index (χ1v) is 15.9. The molecule has 4 aromatic carbocycles. The molecule has 0 radical (unpaired) electrons. The zero-order valence-corrected chi connectivity index (χ0v) is 27.1. The van der Waals surface area contributed by atoms with E-state index in [0.717, 1.165) is 16.8 Å². The van der Waals surface area contributed by atoms with Crippen molar-refractivity contribution >= 4 is 34.4 Å². The van der Waals surface area contributed by atoms with Crippen molar-refractivity contribution in [1.29, 1.82) is 0 Å². The van der Waals surface area contributed by atoms with Crippen LogP contribution in [0, 0.1) is 13.8 Å². The number of carbonyl (C=O) groups excluding carboxylic acids is 2. The number of carbonyl (C=O) groups is 2. The number of hydrogen-bond donors (Lipinski definition) is 3. The first-order valence-electron chi connectivity index (χ1n) is 14.9. The first-order chi connectivity index (χ1) is 23.2. The van der Waals surface area contributed by atoms with Crippen molar-refractivity contribution in [3.63, 3.8) is 0 Å². The first kappa shape index (κ1) is 32.1. The Labute approximate surface area is 279 Å². The Morgan fingerprint density at radius 1 is 0.917 bits per heavy atom. The predicted molar refractivity (Wildman–Crippen MR) is 178 cm³/mol. The van der Waals surface area contributed by atoms with Gasteiger partial charge in [-0.25, -0.2) is 4.68 Å². The summed E-state index contributed by atoms with van der Waals surface area (Å²) in [6.45, 7) is 3.90. The number of nitrogens with zero attached hydrogens (tertiary/aromatic N) is 6. The maximum Gasteiger partial charge on any atom is 0.307 e. The van der Waals surface area contributed by atoms with Gasteiger partial charge in [0.1, 0.15) is 17.2 Å². The lowest BCUT2D eigenvalue weighted by atomic mass is 10.0. The van der Waals surface area contributed by atoms with Gasteiger partial charge in [0, 0.05) is 28.6 Å². The van der Waals surface area contributed by atoms with Crippen LogP contribution >= 0.6 is 11.8 Å². The molecule has 0 aliphatic rings. The van der Waals surface area contributed by atoms with Gasteiger partial charge in [-0.1, -0.05) is 53.7 Å². The molecule has 0 aliphatic heterocycles. The molecule has 0 spiro atoms. The lowest BCUT2D eigenvalue weighted by Gasteiger charge is -2.16.